The van der Waals surface area contributed by atoms with Gasteiger partial charge in [-0.3, -0.25) is 10.1 Å². The van der Waals surface area contributed by atoms with Gasteiger partial charge in [-0.2, -0.15) is 0 Å². The Balaban J connectivity index is 0.000000319. The zero-order chi connectivity index (χ0) is 39.9. The Hall–Kier alpha value is -4.92. The standard InChI is InChI=1S/C9H8.2C8H10.C7H6ClF.C7H6ClNO2.C7H7Cl/c1-3-9-6-4-8(2)5-7-9;2*1-7-3-5-8(2)6-4-7;1-5-2-3-6(8)7(9)4-5;1-5-2-3-6(8)7(4-5)9(10)11;1-6-2-4-7(8)5-3-6/h1,4-7H,2H3;2*3-6H,1-2H3;2-4H,1H3;2-4H,1H3;2-5H,1H3. The fourth-order valence-electron chi connectivity index (χ4n) is 3.82. The maximum atomic E-state index is 12.4. The first kappa shape index (κ1) is 46.1. The van der Waals surface area contributed by atoms with Gasteiger partial charge in [0.15, 0.2) is 0 Å². The van der Waals surface area contributed by atoms with Crippen molar-refractivity contribution >= 4 is 40.5 Å². The van der Waals surface area contributed by atoms with Gasteiger partial charge in [0.25, 0.3) is 5.69 Å². The highest BCUT2D eigenvalue weighted by atomic mass is 35.5. The monoisotopic (exact) mass is 769 g/mol. The lowest BCUT2D eigenvalue weighted by molar-refractivity contribution is -0.384. The highest BCUT2D eigenvalue weighted by Gasteiger charge is 2.10. The van der Waals surface area contributed by atoms with Crippen LogP contribution in [0.2, 0.25) is 15.1 Å². The Morgan fingerprint density at radius 1 is 0.491 bits per heavy atom. The molecular weight excluding hydrogens is 724 g/mol. The summed E-state index contributed by atoms with van der Waals surface area (Å²) >= 11 is 16.6. The number of nitro groups is 1. The lowest BCUT2D eigenvalue weighted by Gasteiger charge is -1.94. The highest BCUT2D eigenvalue weighted by Crippen LogP contribution is 2.24. The Kier molecular flexibility index (Phi) is 21.9. The van der Waals surface area contributed by atoms with Crippen molar-refractivity contribution in [2.75, 3.05) is 0 Å². The Labute approximate surface area is 330 Å². The van der Waals surface area contributed by atoms with Crippen molar-refractivity contribution in [1.82, 2.24) is 0 Å². The molecule has 6 aromatic rings. The van der Waals surface area contributed by atoms with E-state index in [9.17, 15) is 14.5 Å². The van der Waals surface area contributed by atoms with Gasteiger partial charge in [0.2, 0.25) is 0 Å². The Morgan fingerprint density at radius 3 is 1.08 bits per heavy atom. The first-order valence-corrected chi connectivity index (χ1v) is 17.8. The number of aryl methyl sites for hydroxylation is 8. The van der Waals surface area contributed by atoms with Crippen molar-refractivity contribution in [3.05, 3.63) is 215 Å². The average molecular weight is 771 g/mol. The van der Waals surface area contributed by atoms with Gasteiger partial charge in [0, 0.05) is 16.7 Å². The summed E-state index contributed by atoms with van der Waals surface area (Å²) in [5.41, 5.74) is 10.4. The van der Waals surface area contributed by atoms with E-state index >= 15 is 0 Å². The van der Waals surface area contributed by atoms with E-state index in [-0.39, 0.29) is 21.5 Å². The third-order valence-electron chi connectivity index (χ3n) is 7.04. The van der Waals surface area contributed by atoms with Gasteiger partial charge in [0.1, 0.15) is 10.8 Å². The molecule has 0 radical (unpaired) electrons. The fraction of sp³-hybridized carbons (Fsp3) is 0.174. The van der Waals surface area contributed by atoms with Crippen molar-refractivity contribution in [2.24, 2.45) is 0 Å². The van der Waals surface area contributed by atoms with E-state index in [1.165, 1.54) is 51.6 Å². The van der Waals surface area contributed by atoms with Gasteiger partial charge >= 0.3 is 0 Å². The van der Waals surface area contributed by atoms with Crippen molar-refractivity contribution in [2.45, 2.75) is 55.4 Å². The van der Waals surface area contributed by atoms with Crippen molar-refractivity contribution < 1.29 is 9.31 Å². The summed E-state index contributed by atoms with van der Waals surface area (Å²) in [6.07, 6.45) is 5.15. The molecule has 53 heavy (non-hydrogen) atoms. The van der Waals surface area contributed by atoms with E-state index in [2.05, 4.69) is 82.1 Å². The molecule has 0 amide bonds. The number of halogens is 4. The Bertz CT molecular complexity index is 1840. The number of benzene rings is 6. The van der Waals surface area contributed by atoms with E-state index in [0.717, 1.165) is 21.7 Å². The summed E-state index contributed by atoms with van der Waals surface area (Å²) in [4.78, 5) is 9.80. The van der Waals surface area contributed by atoms with E-state index in [0.29, 0.717) is 0 Å². The molecule has 0 N–H and O–H groups in total. The average Bonchev–Trinajstić information content (AvgIpc) is 3.13. The first-order chi connectivity index (χ1) is 25.0. The van der Waals surface area contributed by atoms with Crippen LogP contribution in [0.4, 0.5) is 10.1 Å². The molecule has 7 heteroatoms. The largest absolute Gasteiger partial charge is 0.288 e. The van der Waals surface area contributed by atoms with Crippen LogP contribution >= 0.6 is 34.8 Å². The second kappa shape index (κ2) is 25.1. The number of nitrogens with zero attached hydrogens (tertiary/aromatic N) is 1. The van der Waals surface area contributed by atoms with Gasteiger partial charge in [0.05, 0.1) is 9.95 Å². The molecule has 0 spiro atoms. The molecule has 0 aliphatic rings. The van der Waals surface area contributed by atoms with Crippen LogP contribution in [0.15, 0.2) is 133 Å². The number of hydrogen-bond acceptors (Lipinski definition) is 2. The van der Waals surface area contributed by atoms with Crippen LogP contribution in [-0.4, -0.2) is 4.92 Å². The zero-order valence-corrected chi connectivity index (χ0v) is 33.8. The summed E-state index contributed by atoms with van der Waals surface area (Å²) in [6, 6.07) is 42.0. The molecule has 6 aromatic carbocycles. The van der Waals surface area contributed by atoms with Gasteiger partial charge < -0.3 is 0 Å². The molecule has 0 fully saturated rings. The maximum Gasteiger partial charge on any atom is 0.288 e. The predicted molar refractivity (Wildman–Crippen MR) is 226 cm³/mol. The lowest BCUT2D eigenvalue weighted by atomic mass is 10.2. The molecule has 0 aliphatic heterocycles. The molecule has 0 bridgehead atoms. The summed E-state index contributed by atoms with van der Waals surface area (Å²) < 4.78 is 12.4. The minimum Gasteiger partial charge on any atom is -0.258 e. The van der Waals surface area contributed by atoms with Gasteiger partial charge in [-0.25, -0.2) is 4.39 Å². The van der Waals surface area contributed by atoms with Crippen LogP contribution in [0.3, 0.4) is 0 Å². The molecule has 0 atom stereocenters. The van der Waals surface area contributed by atoms with Crippen LogP contribution in [0, 0.1) is 83.7 Å². The second-order valence-electron chi connectivity index (χ2n) is 12.2. The van der Waals surface area contributed by atoms with Crippen molar-refractivity contribution in [3.8, 4) is 12.3 Å². The molecule has 6 rings (SSSR count). The normalized spacial score (nSPS) is 9.26. The van der Waals surface area contributed by atoms with E-state index < -0.39 is 4.92 Å². The molecular formula is C46H47Cl3FNO2. The zero-order valence-electron chi connectivity index (χ0n) is 31.6. The van der Waals surface area contributed by atoms with Gasteiger partial charge in [-0.1, -0.05) is 159 Å². The molecule has 0 unspecified atom stereocenters. The maximum absolute atomic E-state index is 12.4. The predicted octanol–water partition coefficient (Wildman–Crippen LogP) is 14.6. The molecule has 3 nitrogen and oxygen atoms in total. The summed E-state index contributed by atoms with van der Waals surface area (Å²) in [7, 11) is 0. The minimum absolute atomic E-state index is 0.0355. The van der Waals surface area contributed by atoms with Crippen molar-refractivity contribution in [3.63, 3.8) is 0 Å². The van der Waals surface area contributed by atoms with E-state index in [4.69, 9.17) is 41.2 Å². The molecule has 0 aromatic heterocycles. The van der Waals surface area contributed by atoms with Gasteiger partial charge in [-0.05, 0) is 109 Å². The fourth-order valence-corrected chi connectivity index (χ4v) is 4.25. The lowest BCUT2D eigenvalue weighted by Crippen LogP contribution is -1.89. The smallest absolute Gasteiger partial charge is 0.258 e. The topological polar surface area (TPSA) is 43.1 Å². The number of rotatable bonds is 1. The quantitative estimate of drug-likeness (QED) is 0.0949. The molecule has 276 valence electrons. The van der Waals surface area contributed by atoms with Crippen LogP contribution in [0.5, 0.6) is 0 Å². The third kappa shape index (κ3) is 21.3. The number of hydrogen-bond donors (Lipinski definition) is 0. The summed E-state index contributed by atoms with van der Waals surface area (Å²) in [6.45, 7) is 16.1. The van der Waals surface area contributed by atoms with Crippen molar-refractivity contribution in [1.29, 1.82) is 0 Å². The number of nitro benzene ring substituents is 1. The summed E-state index contributed by atoms with van der Waals surface area (Å²) in [5.74, 6) is 2.20. The SMILES string of the molecule is C#Cc1ccc(C)cc1.Cc1ccc(C)cc1.Cc1ccc(C)cc1.Cc1ccc(Cl)c(F)c1.Cc1ccc(Cl)c([N+](=O)[O-])c1.Cc1ccc(Cl)cc1. The van der Waals surface area contributed by atoms with Crippen LogP contribution in [0.25, 0.3) is 0 Å². The molecule has 0 heterocycles. The Morgan fingerprint density at radius 2 is 0.792 bits per heavy atom. The van der Waals surface area contributed by atoms with Crippen LogP contribution in [0.1, 0.15) is 50.1 Å². The molecule has 0 saturated heterocycles. The minimum atomic E-state index is -0.491. The van der Waals surface area contributed by atoms with Crippen LogP contribution in [-0.2, 0) is 0 Å². The number of terminal acetylenes is 1. The third-order valence-corrected chi connectivity index (χ3v) is 7.92. The second-order valence-corrected chi connectivity index (χ2v) is 13.5. The molecule has 0 aliphatic carbocycles. The molecule has 0 saturated carbocycles. The highest BCUT2D eigenvalue weighted by molar-refractivity contribution is 6.32. The van der Waals surface area contributed by atoms with Crippen LogP contribution < -0.4 is 0 Å². The first-order valence-electron chi connectivity index (χ1n) is 16.6. The van der Waals surface area contributed by atoms with E-state index in [1.54, 1.807) is 25.1 Å². The van der Waals surface area contributed by atoms with E-state index in [1.807, 2.05) is 69.3 Å². The van der Waals surface area contributed by atoms with Gasteiger partial charge in [-0.15, -0.1) is 6.42 Å². The summed E-state index contributed by atoms with van der Waals surface area (Å²) in [5, 5.41) is 11.5.